The summed E-state index contributed by atoms with van der Waals surface area (Å²) in [6.07, 6.45) is 0. The van der Waals surface area contributed by atoms with Crippen molar-refractivity contribution in [1.29, 1.82) is 0 Å². The van der Waals surface area contributed by atoms with E-state index in [2.05, 4.69) is 52.9 Å². The van der Waals surface area contributed by atoms with Gasteiger partial charge in [0.2, 0.25) is 0 Å². The second-order valence-electron chi connectivity index (χ2n) is 5.28. The van der Waals surface area contributed by atoms with Crippen molar-refractivity contribution in [3.8, 4) is 11.5 Å². The average Bonchev–Trinajstić information content (AvgIpc) is 2.61. The van der Waals surface area contributed by atoms with Crippen molar-refractivity contribution in [2.75, 3.05) is 13.7 Å². The third-order valence-corrected chi connectivity index (χ3v) is 7.78. The molecule has 0 fully saturated rings. The normalized spacial score (nSPS) is 13.6. The van der Waals surface area contributed by atoms with Crippen molar-refractivity contribution in [1.82, 2.24) is 0 Å². The maximum atomic E-state index is 5.69. The zero-order valence-electron chi connectivity index (χ0n) is 13.7. The number of ether oxygens (including phenoxy) is 2. The van der Waals surface area contributed by atoms with Gasteiger partial charge in [0.15, 0.2) is 0 Å². The number of fused-ring (bicyclic) bond motifs is 1. The maximum Gasteiger partial charge on any atom is 0.119 e. The Morgan fingerprint density at radius 2 is 1.88 bits per heavy atom. The molecule has 0 amide bonds. The van der Waals surface area contributed by atoms with Crippen LogP contribution in [0.3, 0.4) is 0 Å². The molecule has 0 aromatic heterocycles. The van der Waals surface area contributed by atoms with Crippen molar-refractivity contribution >= 4 is 51.0 Å². The van der Waals surface area contributed by atoms with Gasteiger partial charge in [-0.05, 0) is 70.5 Å². The number of thioether (sulfide) groups is 2. The van der Waals surface area contributed by atoms with Crippen LogP contribution in [0.25, 0.3) is 4.91 Å². The Hall–Kier alpha value is -0.790. The van der Waals surface area contributed by atoms with Crippen LogP contribution in [0.5, 0.6) is 11.5 Å². The van der Waals surface area contributed by atoms with Crippen molar-refractivity contribution < 1.29 is 9.47 Å². The molecule has 1 heterocycles. The van der Waals surface area contributed by atoms with Crippen LogP contribution < -0.4 is 9.47 Å². The predicted octanol–water partition coefficient (Wildman–Crippen LogP) is 6.34. The van der Waals surface area contributed by atoms with E-state index < -0.39 is 0 Å². The van der Waals surface area contributed by atoms with E-state index in [1.807, 2.05) is 42.6 Å². The second kappa shape index (κ2) is 8.54. The molecule has 0 atom stereocenters. The van der Waals surface area contributed by atoms with E-state index in [4.69, 9.17) is 9.47 Å². The Bertz CT molecular complexity index is 742. The van der Waals surface area contributed by atoms with Crippen molar-refractivity contribution in [2.24, 2.45) is 0 Å². The van der Waals surface area contributed by atoms with Crippen LogP contribution in [-0.4, -0.2) is 13.7 Å². The third kappa shape index (κ3) is 4.24. The van der Waals surface area contributed by atoms with E-state index in [-0.39, 0.29) is 0 Å². The van der Waals surface area contributed by atoms with Crippen LogP contribution in [-0.2, 0) is 11.5 Å². The summed E-state index contributed by atoms with van der Waals surface area (Å²) < 4.78 is 12.3. The first-order valence-electron chi connectivity index (χ1n) is 7.75. The summed E-state index contributed by atoms with van der Waals surface area (Å²) in [7, 11) is 1.70. The Kier molecular flexibility index (Phi) is 6.41. The quantitative estimate of drug-likeness (QED) is 0.459. The topological polar surface area (TPSA) is 18.5 Å². The van der Waals surface area contributed by atoms with Crippen LogP contribution in [0, 0.1) is 0 Å². The summed E-state index contributed by atoms with van der Waals surface area (Å²) in [5.41, 5.74) is 4.01. The van der Waals surface area contributed by atoms with Gasteiger partial charge in [0.25, 0.3) is 0 Å². The molecule has 0 saturated heterocycles. The summed E-state index contributed by atoms with van der Waals surface area (Å²) in [4.78, 5) is 1.36. The largest absolute Gasteiger partial charge is 0.497 e. The monoisotopic (exact) mass is 470 g/mol. The lowest BCUT2D eigenvalue weighted by Gasteiger charge is -2.21. The molecular weight excluding hydrogens is 451 g/mol. The first-order chi connectivity index (χ1) is 11.7. The summed E-state index contributed by atoms with van der Waals surface area (Å²) in [6.45, 7) is 2.72. The molecule has 0 radical (unpaired) electrons. The minimum absolute atomic E-state index is 0.697. The average molecular weight is 470 g/mol. The van der Waals surface area contributed by atoms with Gasteiger partial charge in [0.05, 0.1) is 16.6 Å². The molecule has 5 heteroatoms. The first-order valence-corrected chi connectivity index (χ1v) is 10.8. The highest BCUT2D eigenvalue weighted by Gasteiger charge is 2.19. The molecule has 0 spiro atoms. The van der Waals surface area contributed by atoms with E-state index in [0.717, 1.165) is 23.0 Å². The molecule has 2 aromatic carbocycles. The summed E-state index contributed by atoms with van der Waals surface area (Å²) in [5.74, 6) is 3.84. The molecule has 0 unspecified atom stereocenters. The summed E-state index contributed by atoms with van der Waals surface area (Å²) in [5, 5.41) is 0. The fourth-order valence-corrected chi connectivity index (χ4v) is 5.79. The predicted molar refractivity (Wildman–Crippen MR) is 114 cm³/mol. The molecule has 126 valence electrons. The maximum absolute atomic E-state index is 5.69. The SMILES string of the molecule is CCOc1ccc2c(c1)C(SCc1ccc(OC)cc1)=C(I)SC2. The summed E-state index contributed by atoms with van der Waals surface area (Å²) in [6, 6.07) is 14.8. The van der Waals surface area contributed by atoms with Gasteiger partial charge in [-0.25, -0.2) is 0 Å². The van der Waals surface area contributed by atoms with Gasteiger partial charge < -0.3 is 9.47 Å². The molecule has 0 N–H and O–H groups in total. The molecule has 1 aliphatic rings. The van der Waals surface area contributed by atoms with Gasteiger partial charge in [-0.15, -0.1) is 23.5 Å². The standard InChI is InChI=1S/C19H19IO2S2/c1-3-22-16-9-6-14-12-24-19(20)18(17(14)10-16)23-11-13-4-7-15(21-2)8-5-13/h4-10H,3,11-12H2,1-2H3. The Labute approximate surface area is 165 Å². The number of halogens is 1. The van der Waals surface area contributed by atoms with Gasteiger partial charge in [0.1, 0.15) is 11.5 Å². The number of hydrogen-bond donors (Lipinski definition) is 0. The lowest BCUT2D eigenvalue weighted by atomic mass is 10.1. The molecular formula is C19H19IO2S2. The van der Waals surface area contributed by atoms with E-state index in [1.54, 1.807) is 7.11 Å². The Balaban J connectivity index is 1.80. The van der Waals surface area contributed by atoms with E-state index >= 15 is 0 Å². The van der Waals surface area contributed by atoms with E-state index in [9.17, 15) is 0 Å². The first kappa shape index (κ1) is 18.0. The van der Waals surface area contributed by atoms with Crippen LogP contribution in [0.4, 0.5) is 0 Å². The highest BCUT2D eigenvalue weighted by atomic mass is 127. The molecule has 2 nitrogen and oxygen atoms in total. The molecule has 3 rings (SSSR count). The Morgan fingerprint density at radius 1 is 1.12 bits per heavy atom. The zero-order valence-corrected chi connectivity index (χ0v) is 17.5. The summed E-state index contributed by atoms with van der Waals surface area (Å²) >= 11 is 6.27. The zero-order chi connectivity index (χ0) is 16.9. The van der Waals surface area contributed by atoms with Gasteiger partial charge in [-0.1, -0.05) is 18.2 Å². The number of methoxy groups -OCH3 is 1. The fraction of sp³-hybridized carbons (Fsp3) is 0.263. The molecule has 2 aromatic rings. The van der Waals surface area contributed by atoms with E-state index in [1.165, 1.54) is 24.5 Å². The fourth-order valence-electron chi connectivity index (χ4n) is 2.47. The van der Waals surface area contributed by atoms with Gasteiger partial charge in [-0.2, -0.15) is 0 Å². The van der Waals surface area contributed by atoms with Crippen molar-refractivity contribution in [3.05, 3.63) is 62.1 Å². The highest BCUT2D eigenvalue weighted by Crippen LogP contribution is 2.48. The smallest absolute Gasteiger partial charge is 0.119 e. The van der Waals surface area contributed by atoms with E-state index in [0.29, 0.717) is 6.61 Å². The van der Waals surface area contributed by atoms with Crippen LogP contribution in [0.15, 0.2) is 45.4 Å². The number of rotatable bonds is 6. The second-order valence-corrected chi connectivity index (χ2v) is 9.06. The van der Waals surface area contributed by atoms with Crippen molar-refractivity contribution in [2.45, 2.75) is 18.4 Å². The van der Waals surface area contributed by atoms with Gasteiger partial charge in [-0.3, -0.25) is 0 Å². The minimum atomic E-state index is 0.697. The van der Waals surface area contributed by atoms with Gasteiger partial charge >= 0.3 is 0 Å². The van der Waals surface area contributed by atoms with Crippen LogP contribution in [0.1, 0.15) is 23.6 Å². The molecule has 0 aliphatic carbocycles. The minimum Gasteiger partial charge on any atom is -0.497 e. The van der Waals surface area contributed by atoms with Gasteiger partial charge in [0, 0.05) is 16.4 Å². The molecule has 0 saturated carbocycles. The third-order valence-electron chi connectivity index (χ3n) is 3.71. The molecule has 0 bridgehead atoms. The number of benzene rings is 2. The van der Waals surface area contributed by atoms with Crippen LogP contribution in [0.2, 0.25) is 0 Å². The lowest BCUT2D eigenvalue weighted by molar-refractivity contribution is 0.340. The highest BCUT2D eigenvalue weighted by molar-refractivity contribution is 14.1. The van der Waals surface area contributed by atoms with Crippen molar-refractivity contribution in [3.63, 3.8) is 0 Å². The Morgan fingerprint density at radius 3 is 2.58 bits per heavy atom. The number of hydrogen-bond acceptors (Lipinski definition) is 4. The lowest BCUT2D eigenvalue weighted by Crippen LogP contribution is -1.99. The van der Waals surface area contributed by atoms with Crippen LogP contribution >= 0.6 is 46.1 Å². The molecule has 24 heavy (non-hydrogen) atoms. The molecule has 1 aliphatic heterocycles.